The molecule has 0 spiro atoms. The van der Waals surface area contributed by atoms with Crippen molar-refractivity contribution in [1.29, 1.82) is 0 Å². The number of hydrogen-bond acceptors (Lipinski definition) is 6. The van der Waals surface area contributed by atoms with Gasteiger partial charge in [-0.25, -0.2) is 9.31 Å². The maximum atomic E-state index is 13.1. The van der Waals surface area contributed by atoms with Gasteiger partial charge in [0.25, 0.3) is 5.91 Å². The monoisotopic (exact) mass is 578 g/mol. The van der Waals surface area contributed by atoms with Crippen LogP contribution in [0.3, 0.4) is 0 Å². The number of fused-ring (bicyclic) bond motifs is 1. The Morgan fingerprint density at radius 2 is 1.74 bits per heavy atom. The van der Waals surface area contributed by atoms with Gasteiger partial charge in [-0.3, -0.25) is 4.79 Å². The zero-order valence-electron chi connectivity index (χ0n) is 24.7. The summed E-state index contributed by atoms with van der Waals surface area (Å²) < 4.78 is 1.77. The fraction of sp³-hybridized carbons (Fsp3) is 0.333. The van der Waals surface area contributed by atoms with E-state index < -0.39 is 0 Å². The molecule has 0 unspecified atom stereocenters. The Morgan fingerprint density at radius 1 is 0.977 bits per heavy atom. The van der Waals surface area contributed by atoms with Gasteiger partial charge in [0.05, 0.1) is 0 Å². The van der Waals surface area contributed by atoms with Gasteiger partial charge < -0.3 is 25.3 Å². The molecular formula is C33H38N8O2. The van der Waals surface area contributed by atoms with Crippen molar-refractivity contribution < 1.29 is 9.59 Å². The lowest BCUT2D eigenvalue weighted by molar-refractivity contribution is 0.0659. The Morgan fingerprint density at radius 3 is 2.47 bits per heavy atom. The van der Waals surface area contributed by atoms with Crippen molar-refractivity contribution in [3.63, 3.8) is 0 Å². The molecule has 0 radical (unpaired) electrons. The summed E-state index contributed by atoms with van der Waals surface area (Å²) in [5.74, 6) is 0.526. The molecule has 3 amide bonds. The summed E-state index contributed by atoms with van der Waals surface area (Å²) in [6.07, 6.45) is 6.71. The third kappa shape index (κ3) is 6.54. The second kappa shape index (κ2) is 12.7. The minimum Gasteiger partial charge on any atom is -0.339 e. The van der Waals surface area contributed by atoms with Gasteiger partial charge in [0.2, 0.25) is 5.95 Å². The fourth-order valence-corrected chi connectivity index (χ4v) is 5.77. The van der Waals surface area contributed by atoms with E-state index in [2.05, 4.69) is 33.8 Å². The lowest BCUT2D eigenvalue weighted by Crippen LogP contribution is -2.44. The molecule has 0 atom stereocenters. The molecule has 0 saturated carbocycles. The van der Waals surface area contributed by atoms with Crippen LogP contribution < -0.4 is 10.6 Å². The number of carbonyl (C=O) groups excluding carboxylic acids is 2. The first-order chi connectivity index (χ1) is 20.9. The number of nitrogens with one attached hydrogen (secondary N) is 2. The van der Waals surface area contributed by atoms with E-state index in [1.165, 1.54) is 0 Å². The van der Waals surface area contributed by atoms with Gasteiger partial charge in [0, 0.05) is 55.7 Å². The summed E-state index contributed by atoms with van der Waals surface area (Å²) in [6.45, 7) is 3.71. The molecule has 0 aliphatic carbocycles. The molecule has 10 heteroatoms. The Kier molecular flexibility index (Phi) is 8.37. The van der Waals surface area contributed by atoms with E-state index in [4.69, 9.17) is 4.98 Å². The molecule has 2 aliphatic rings. The lowest BCUT2D eigenvalue weighted by atomic mass is 10.0. The van der Waals surface area contributed by atoms with Crippen LogP contribution in [-0.4, -0.2) is 87.6 Å². The molecule has 1 saturated heterocycles. The highest BCUT2D eigenvalue weighted by Crippen LogP contribution is 2.27. The number of carbonyl (C=O) groups is 2. The summed E-state index contributed by atoms with van der Waals surface area (Å²) >= 11 is 0. The number of benzene rings is 2. The molecule has 222 valence electrons. The standard InChI is InChI=1S/C33H38N8O2/c1-38-19-16-28(17-20-38)39(2)31(42)26-10-12-27(13-11-26)35-32-36-30-29(9-6-18-41(30)37-32)25-14-21-40(22-15-25)33(43)34-23-24-7-4-3-5-8-24/h3-14,18,28H,15-17,19-23H2,1-2H3,(H,34,43)(H,35,37). The predicted octanol–water partition coefficient (Wildman–Crippen LogP) is 4.64. The van der Waals surface area contributed by atoms with Crippen molar-refractivity contribution in [2.45, 2.75) is 31.8 Å². The fourth-order valence-electron chi connectivity index (χ4n) is 5.77. The molecule has 4 heterocycles. The minimum absolute atomic E-state index is 0.0459. The first-order valence-corrected chi connectivity index (χ1v) is 14.9. The van der Waals surface area contributed by atoms with E-state index >= 15 is 0 Å². The van der Waals surface area contributed by atoms with E-state index in [9.17, 15) is 9.59 Å². The van der Waals surface area contributed by atoms with E-state index in [0.29, 0.717) is 31.1 Å². The first kappa shape index (κ1) is 28.4. The van der Waals surface area contributed by atoms with E-state index in [0.717, 1.165) is 60.4 Å². The molecule has 4 aromatic rings. The summed E-state index contributed by atoms with van der Waals surface area (Å²) in [5.41, 5.74) is 5.46. The van der Waals surface area contributed by atoms with Crippen molar-refractivity contribution in [3.05, 3.63) is 95.7 Å². The Labute approximate surface area is 252 Å². The van der Waals surface area contributed by atoms with E-state index in [1.807, 2.05) is 89.8 Å². The molecule has 0 bridgehead atoms. The van der Waals surface area contributed by atoms with Gasteiger partial charge in [-0.1, -0.05) is 36.4 Å². The average Bonchev–Trinajstić information content (AvgIpc) is 3.47. The molecule has 6 rings (SSSR count). The number of urea groups is 1. The van der Waals surface area contributed by atoms with Gasteiger partial charge in [0.1, 0.15) is 0 Å². The van der Waals surface area contributed by atoms with Gasteiger partial charge in [-0.2, -0.15) is 4.98 Å². The topological polar surface area (TPSA) is 98.1 Å². The predicted molar refractivity (Wildman–Crippen MR) is 168 cm³/mol. The number of aromatic nitrogens is 3. The summed E-state index contributed by atoms with van der Waals surface area (Å²) in [5, 5.41) is 10.9. The van der Waals surface area contributed by atoms with Gasteiger partial charge >= 0.3 is 6.03 Å². The molecule has 2 aromatic carbocycles. The van der Waals surface area contributed by atoms with Crippen LogP contribution in [0, 0.1) is 0 Å². The summed E-state index contributed by atoms with van der Waals surface area (Å²) in [7, 11) is 4.03. The van der Waals surface area contributed by atoms with Gasteiger partial charge in [-0.15, -0.1) is 5.10 Å². The molecule has 2 aliphatic heterocycles. The second-order valence-electron chi connectivity index (χ2n) is 11.3. The normalized spacial score (nSPS) is 16.1. The number of amides is 3. The van der Waals surface area contributed by atoms with Crippen LogP contribution in [0.5, 0.6) is 0 Å². The first-order valence-electron chi connectivity index (χ1n) is 14.9. The third-order valence-electron chi connectivity index (χ3n) is 8.44. The van der Waals surface area contributed by atoms with Gasteiger partial charge in [-0.05, 0) is 86.9 Å². The van der Waals surface area contributed by atoms with Crippen molar-refractivity contribution in [1.82, 2.24) is 34.6 Å². The average molecular weight is 579 g/mol. The van der Waals surface area contributed by atoms with E-state index in [1.54, 1.807) is 4.52 Å². The van der Waals surface area contributed by atoms with Crippen LogP contribution in [0.15, 0.2) is 79.0 Å². The highest BCUT2D eigenvalue weighted by molar-refractivity contribution is 5.94. The Hall–Kier alpha value is -4.70. The Bertz CT molecular complexity index is 1610. The van der Waals surface area contributed by atoms with Crippen LogP contribution >= 0.6 is 0 Å². The SMILES string of the molecule is CN1CCC(N(C)C(=O)c2ccc(Nc3nc4c(C5=CCN(C(=O)NCc6ccccc6)CC5)cccn4n3)cc2)CC1. The minimum atomic E-state index is -0.0625. The summed E-state index contributed by atoms with van der Waals surface area (Å²) in [6, 6.07) is 21.6. The van der Waals surface area contributed by atoms with Gasteiger partial charge in [0.15, 0.2) is 5.65 Å². The number of nitrogens with zero attached hydrogens (tertiary/aromatic N) is 6. The van der Waals surface area contributed by atoms with Crippen LogP contribution in [0.4, 0.5) is 16.4 Å². The molecule has 2 aromatic heterocycles. The number of anilines is 2. The molecule has 1 fully saturated rings. The highest BCUT2D eigenvalue weighted by atomic mass is 16.2. The van der Waals surface area contributed by atoms with Crippen molar-refractivity contribution in [2.75, 3.05) is 45.6 Å². The third-order valence-corrected chi connectivity index (χ3v) is 8.44. The number of hydrogen-bond donors (Lipinski definition) is 2. The van der Waals surface area contributed by atoms with Crippen molar-refractivity contribution in [2.24, 2.45) is 0 Å². The number of piperidine rings is 1. The molecule has 2 N–H and O–H groups in total. The van der Waals surface area contributed by atoms with Crippen molar-refractivity contribution in [3.8, 4) is 0 Å². The second-order valence-corrected chi connectivity index (χ2v) is 11.3. The lowest BCUT2D eigenvalue weighted by Gasteiger charge is -2.35. The maximum absolute atomic E-state index is 13.1. The zero-order chi connectivity index (χ0) is 29.8. The van der Waals surface area contributed by atoms with Crippen LogP contribution in [-0.2, 0) is 6.54 Å². The van der Waals surface area contributed by atoms with Crippen LogP contribution in [0.25, 0.3) is 11.2 Å². The van der Waals surface area contributed by atoms with Crippen molar-refractivity contribution >= 4 is 34.8 Å². The quantitative estimate of drug-likeness (QED) is 0.332. The van der Waals surface area contributed by atoms with Crippen LogP contribution in [0.2, 0.25) is 0 Å². The number of pyridine rings is 1. The number of rotatable bonds is 7. The smallest absolute Gasteiger partial charge is 0.317 e. The largest absolute Gasteiger partial charge is 0.339 e. The Balaban J connectivity index is 1.09. The maximum Gasteiger partial charge on any atom is 0.317 e. The molecular weight excluding hydrogens is 540 g/mol. The van der Waals surface area contributed by atoms with Crippen LogP contribution in [0.1, 0.15) is 40.7 Å². The molecule has 10 nitrogen and oxygen atoms in total. The van der Waals surface area contributed by atoms with E-state index in [-0.39, 0.29) is 18.0 Å². The zero-order valence-corrected chi connectivity index (χ0v) is 24.7. The summed E-state index contributed by atoms with van der Waals surface area (Å²) in [4.78, 5) is 36.6. The highest BCUT2D eigenvalue weighted by Gasteiger charge is 2.25. The molecule has 43 heavy (non-hydrogen) atoms. The number of likely N-dealkylation sites (tertiary alicyclic amines) is 1.